The molecule has 2 aliphatic carbocycles. The quantitative estimate of drug-likeness (QED) is 0.162. The number of rotatable bonds is 6. The molecule has 2 heteroatoms. The van der Waals surface area contributed by atoms with Gasteiger partial charge in [-0.15, -0.1) is 11.3 Å². The van der Waals surface area contributed by atoms with Crippen LogP contribution >= 0.6 is 11.3 Å². The average Bonchev–Trinajstić information content (AvgIpc) is 4.48. The number of hydrogen-bond donors (Lipinski definition) is 0. The highest BCUT2D eigenvalue weighted by Gasteiger charge is 2.32. The summed E-state index contributed by atoms with van der Waals surface area (Å²) >= 11 is 1.88. The summed E-state index contributed by atoms with van der Waals surface area (Å²) in [5.41, 5.74) is 27.3. The number of benzene rings is 14. The van der Waals surface area contributed by atoms with Crippen LogP contribution in [0.15, 0.2) is 296 Å². The van der Waals surface area contributed by atoms with Crippen LogP contribution in [-0.4, -0.2) is 0 Å². The summed E-state index contributed by atoms with van der Waals surface area (Å²) in [4.78, 5) is 0. The van der Waals surface area contributed by atoms with Crippen molar-refractivity contribution in [2.24, 2.45) is 0 Å². The van der Waals surface area contributed by atoms with Gasteiger partial charge in [0.25, 0.3) is 0 Å². The Kier molecular flexibility index (Phi) is 10.6. The van der Waals surface area contributed by atoms with Crippen molar-refractivity contribution in [2.75, 3.05) is 0 Å². The number of furan rings is 1. The molecule has 82 heavy (non-hydrogen) atoms. The lowest BCUT2D eigenvalue weighted by Crippen LogP contribution is -1.94. The van der Waals surface area contributed by atoms with Crippen molar-refractivity contribution < 1.29 is 4.42 Å². The molecule has 0 unspecified atom stereocenters. The van der Waals surface area contributed by atoms with Crippen molar-refractivity contribution in [3.63, 3.8) is 0 Å². The highest BCUT2D eigenvalue weighted by Crippen LogP contribution is 2.59. The van der Waals surface area contributed by atoms with E-state index >= 15 is 0 Å². The van der Waals surface area contributed by atoms with E-state index in [-0.39, 0.29) is 0 Å². The van der Waals surface area contributed by atoms with Gasteiger partial charge in [-0.05, 0) is 175 Å². The molecule has 0 fully saturated rings. The molecule has 0 radical (unpaired) electrons. The molecule has 380 valence electrons. The first-order valence-corrected chi connectivity index (χ1v) is 29.0. The maximum atomic E-state index is 6.37. The topological polar surface area (TPSA) is 13.1 Å². The lowest BCUT2D eigenvalue weighted by molar-refractivity contribution is 0.669. The van der Waals surface area contributed by atoms with E-state index in [4.69, 9.17) is 4.42 Å². The van der Waals surface area contributed by atoms with Gasteiger partial charge in [0, 0.05) is 30.9 Å². The van der Waals surface area contributed by atoms with E-state index in [0.29, 0.717) is 0 Å². The maximum Gasteiger partial charge on any atom is 0.136 e. The van der Waals surface area contributed by atoms with Gasteiger partial charge in [0.2, 0.25) is 0 Å². The first kappa shape index (κ1) is 46.5. The van der Waals surface area contributed by atoms with Crippen LogP contribution in [0.5, 0.6) is 0 Å². The van der Waals surface area contributed by atoms with Gasteiger partial charge < -0.3 is 4.42 Å². The Labute approximate surface area is 478 Å². The van der Waals surface area contributed by atoms with E-state index < -0.39 is 0 Å². The molecule has 0 N–H and O–H groups in total. The molecule has 16 aromatic rings. The van der Waals surface area contributed by atoms with Crippen molar-refractivity contribution in [3.05, 3.63) is 291 Å². The zero-order valence-electron chi connectivity index (χ0n) is 44.5. The summed E-state index contributed by atoms with van der Waals surface area (Å²) in [5, 5.41) is 10.2. The number of fused-ring (bicyclic) bond motifs is 12. The fourth-order valence-corrected chi connectivity index (χ4v) is 14.9. The van der Waals surface area contributed by atoms with Crippen LogP contribution in [0.3, 0.4) is 0 Å². The van der Waals surface area contributed by atoms with Crippen molar-refractivity contribution in [1.29, 1.82) is 0 Å². The highest BCUT2D eigenvalue weighted by atomic mass is 32.1. The molecule has 0 saturated carbocycles. The summed E-state index contributed by atoms with van der Waals surface area (Å²) in [6.07, 6.45) is 0. The normalized spacial score (nSPS) is 11.9. The Morgan fingerprint density at radius 3 is 1.12 bits per heavy atom. The van der Waals surface area contributed by atoms with E-state index in [1.54, 1.807) is 0 Å². The lowest BCUT2D eigenvalue weighted by atomic mass is 9.82. The first-order valence-electron chi connectivity index (χ1n) is 28.2. The van der Waals surface area contributed by atoms with Gasteiger partial charge in [0.1, 0.15) is 11.2 Å². The third-order valence-electron chi connectivity index (χ3n) is 17.2. The number of para-hydroxylation sites is 1. The average molecular weight is 1060 g/mol. The second kappa shape index (κ2) is 18.6. The molecule has 0 amide bonds. The number of thiophene rings is 1. The molecular formula is C80H48OS. The minimum Gasteiger partial charge on any atom is -0.456 e. The summed E-state index contributed by atoms with van der Waals surface area (Å²) in [5.74, 6) is 0. The SMILES string of the molecule is c1ccc(-c2cc(-c3ccc4c(c3)oc3ccccc34)c(-c3ccccc3)c3c2-c2cccc4cccc-3c24)cc1.c1ccc(-c2cc(-c3ccc4c(c3)sc3ccccc34)c(-c3ccccc3)c3c2-c2cccc4cccc-3c24)cc1. The third-order valence-corrected chi connectivity index (χ3v) is 18.3. The standard InChI is InChI=1S/C40H24O.C40H24S/c2*1-3-11-25(12-4-1)33-24-34(28-21-22-30-29-17-7-8-20-35(29)41-36(30)23-28)38(27-13-5-2-6-14-27)40-32-19-10-16-26-15-9-18-31(37(26)32)39(33)40/h2*1-24H. The van der Waals surface area contributed by atoms with E-state index in [1.165, 1.54) is 147 Å². The van der Waals surface area contributed by atoms with Crippen molar-refractivity contribution in [1.82, 2.24) is 0 Å². The third kappa shape index (κ3) is 7.18. The van der Waals surface area contributed by atoms with Crippen molar-refractivity contribution >= 4 is 75.0 Å². The summed E-state index contributed by atoms with van der Waals surface area (Å²) < 4.78 is 9.03. The Hall–Kier alpha value is -10.4. The monoisotopic (exact) mass is 1060 g/mol. The Morgan fingerprint density at radius 1 is 0.207 bits per heavy atom. The predicted octanol–water partition coefficient (Wildman–Crippen LogP) is 23.2. The molecular weight excluding hydrogens is 1010 g/mol. The van der Waals surface area contributed by atoms with Gasteiger partial charge in [-0.3, -0.25) is 0 Å². The lowest BCUT2D eigenvalue weighted by Gasteiger charge is -2.21. The molecule has 2 aromatic heterocycles. The van der Waals surface area contributed by atoms with E-state index in [9.17, 15) is 0 Å². The largest absolute Gasteiger partial charge is 0.456 e. The second-order valence-corrected chi connectivity index (χ2v) is 22.8. The Morgan fingerprint density at radius 2 is 0.598 bits per heavy atom. The van der Waals surface area contributed by atoms with Crippen molar-refractivity contribution in [2.45, 2.75) is 0 Å². The minimum absolute atomic E-state index is 0.912. The first-order chi connectivity index (χ1) is 40.7. The smallest absolute Gasteiger partial charge is 0.136 e. The maximum absolute atomic E-state index is 6.37. The van der Waals surface area contributed by atoms with Crippen LogP contribution in [-0.2, 0) is 0 Å². The van der Waals surface area contributed by atoms with Gasteiger partial charge in [-0.25, -0.2) is 0 Å². The molecule has 0 spiro atoms. The van der Waals surface area contributed by atoms with Gasteiger partial charge >= 0.3 is 0 Å². The molecule has 0 aliphatic heterocycles. The van der Waals surface area contributed by atoms with E-state index in [1.807, 2.05) is 23.5 Å². The van der Waals surface area contributed by atoms with Gasteiger partial charge in [-0.1, -0.05) is 249 Å². The van der Waals surface area contributed by atoms with Crippen LogP contribution in [0.4, 0.5) is 0 Å². The zero-order chi connectivity index (χ0) is 53.8. The fraction of sp³-hybridized carbons (Fsp3) is 0. The molecule has 18 rings (SSSR count). The highest BCUT2D eigenvalue weighted by molar-refractivity contribution is 7.25. The van der Waals surface area contributed by atoms with Crippen LogP contribution < -0.4 is 0 Å². The molecule has 2 aliphatic rings. The minimum atomic E-state index is 0.912. The summed E-state index contributed by atoms with van der Waals surface area (Å²) in [7, 11) is 0. The van der Waals surface area contributed by atoms with Crippen LogP contribution in [0.1, 0.15) is 0 Å². The van der Waals surface area contributed by atoms with Crippen LogP contribution in [0.25, 0.3) is 175 Å². The van der Waals surface area contributed by atoms with Gasteiger partial charge in [0.05, 0.1) is 0 Å². The molecule has 14 aromatic carbocycles. The van der Waals surface area contributed by atoms with Gasteiger partial charge in [-0.2, -0.15) is 0 Å². The fourth-order valence-electron chi connectivity index (χ4n) is 13.7. The second-order valence-electron chi connectivity index (χ2n) is 21.7. The Balaban J connectivity index is 0.000000130. The van der Waals surface area contributed by atoms with E-state index in [2.05, 4.69) is 279 Å². The molecule has 0 atom stereocenters. The molecule has 1 nitrogen and oxygen atoms in total. The molecule has 2 heterocycles. The molecule has 0 saturated heterocycles. The number of hydrogen-bond acceptors (Lipinski definition) is 2. The van der Waals surface area contributed by atoms with Crippen LogP contribution in [0, 0.1) is 0 Å². The van der Waals surface area contributed by atoms with Crippen molar-refractivity contribution in [3.8, 4) is 111 Å². The molecule has 0 bridgehead atoms. The summed E-state index contributed by atoms with van der Waals surface area (Å²) in [6, 6.07) is 106. The van der Waals surface area contributed by atoms with E-state index in [0.717, 1.165) is 27.5 Å². The summed E-state index contributed by atoms with van der Waals surface area (Å²) in [6.45, 7) is 0. The Bertz CT molecular complexity index is 4900. The predicted molar refractivity (Wildman–Crippen MR) is 350 cm³/mol. The van der Waals surface area contributed by atoms with Gasteiger partial charge in [0.15, 0.2) is 0 Å². The van der Waals surface area contributed by atoms with Crippen LogP contribution in [0.2, 0.25) is 0 Å². The zero-order valence-corrected chi connectivity index (χ0v) is 45.3.